The quantitative estimate of drug-likeness (QED) is 0.782. The highest BCUT2D eigenvalue weighted by Crippen LogP contribution is 2.38. The van der Waals surface area contributed by atoms with Crippen LogP contribution in [0.2, 0.25) is 0 Å². The Morgan fingerprint density at radius 2 is 1.96 bits per heavy atom. The van der Waals surface area contributed by atoms with E-state index >= 15 is 0 Å². The molecule has 0 radical (unpaired) electrons. The van der Waals surface area contributed by atoms with Gasteiger partial charge in [0.15, 0.2) is 10.9 Å². The molecule has 2 aromatic rings. The highest BCUT2D eigenvalue weighted by atomic mass is 32.2. The van der Waals surface area contributed by atoms with Crippen molar-refractivity contribution in [3.8, 4) is 0 Å². The number of carbonyl (C=O) groups is 1. The van der Waals surface area contributed by atoms with Crippen LogP contribution in [-0.2, 0) is 11.2 Å². The average Bonchev–Trinajstić information content (AvgIpc) is 3.07. The first-order valence-electron chi connectivity index (χ1n) is 8.24. The lowest BCUT2D eigenvalue weighted by Crippen LogP contribution is -2.36. The Morgan fingerprint density at radius 1 is 1.21 bits per heavy atom. The zero-order valence-electron chi connectivity index (χ0n) is 13.7. The molecule has 1 saturated heterocycles. The second-order valence-electron chi connectivity index (χ2n) is 6.17. The molecular weight excluding hydrogens is 340 g/mol. The SMILES string of the molecule is CSc1ccc(C2CC(=O)c3sc(N4CCOCC4)nc3C2)cc1. The maximum atomic E-state index is 12.6. The zero-order chi connectivity index (χ0) is 16.5. The lowest BCUT2D eigenvalue weighted by molar-refractivity contribution is 0.0968. The van der Waals surface area contributed by atoms with Crippen LogP contribution in [-0.4, -0.2) is 43.3 Å². The first kappa shape index (κ1) is 16.1. The summed E-state index contributed by atoms with van der Waals surface area (Å²) < 4.78 is 5.40. The van der Waals surface area contributed by atoms with Crippen molar-refractivity contribution >= 4 is 34.0 Å². The summed E-state index contributed by atoms with van der Waals surface area (Å²) >= 11 is 3.30. The second-order valence-corrected chi connectivity index (χ2v) is 8.03. The third-order valence-electron chi connectivity index (χ3n) is 4.68. The van der Waals surface area contributed by atoms with Crippen molar-refractivity contribution in [1.29, 1.82) is 0 Å². The zero-order valence-corrected chi connectivity index (χ0v) is 15.3. The van der Waals surface area contributed by atoms with Crippen molar-refractivity contribution in [1.82, 2.24) is 4.98 Å². The fourth-order valence-electron chi connectivity index (χ4n) is 3.32. The van der Waals surface area contributed by atoms with Crippen LogP contribution in [0.25, 0.3) is 0 Å². The number of morpholine rings is 1. The van der Waals surface area contributed by atoms with E-state index in [4.69, 9.17) is 9.72 Å². The maximum Gasteiger partial charge on any atom is 0.186 e. The minimum absolute atomic E-state index is 0.243. The van der Waals surface area contributed by atoms with Gasteiger partial charge in [0, 0.05) is 24.4 Å². The molecule has 1 atom stereocenters. The van der Waals surface area contributed by atoms with Crippen LogP contribution >= 0.6 is 23.1 Å². The van der Waals surface area contributed by atoms with Gasteiger partial charge in [-0.15, -0.1) is 11.8 Å². The molecule has 0 spiro atoms. The largest absolute Gasteiger partial charge is 0.378 e. The molecule has 1 aromatic heterocycles. The van der Waals surface area contributed by atoms with E-state index in [9.17, 15) is 4.79 Å². The van der Waals surface area contributed by atoms with Gasteiger partial charge in [0.05, 0.1) is 23.8 Å². The van der Waals surface area contributed by atoms with Crippen LogP contribution < -0.4 is 4.90 Å². The Morgan fingerprint density at radius 3 is 2.67 bits per heavy atom. The Balaban J connectivity index is 1.57. The summed E-state index contributed by atoms with van der Waals surface area (Å²) in [6, 6.07) is 8.59. The van der Waals surface area contributed by atoms with Gasteiger partial charge in [-0.1, -0.05) is 23.5 Å². The van der Waals surface area contributed by atoms with Gasteiger partial charge in [0.25, 0.3) is 0 Å². The lowest BCUT2D eigenvalue weighted by Gasteiger charge is -2.26. The molecule has 1 aliphatic heterocycles. The lowest BCUT2D eigenvalue weighted by atomic mass is 9.85. The molecule has 1 fully saturated rings. The first-order chi connectivity index (χ1) is 11.7. The van der Waals surface area contributed by atoms with Crippen LogP contribution in [0.4, 0.5) is 5.13 Å². The van der Waals surface area contributed by atoms with Crippen molar-refractivity contribution in [2.75, 3.05) is 37.5 Å². The predicted octanol–water partition coefficient (Wildman–Crippen LogP) is 3.61. The molecule has 4 nitrogen and oxygen atoms in total. The van der Waals surface area contributed by atoms with E-state index in [1.165, 1.54) is 10.5 Å². The highest BCUT2D eigenvalue weighted by molar-refractivity contribution is 7.98. The number of carbonyl (C=O) groups excluding carboxylic acids is 1. The van der Waals surface area contributed by atoms with Crippen LogP contribution in [0.5, 0.6) is 0 Å². The topological polar surface area (TPSA) is 42.4 Å². The third-order valence-corrected chi connectivity index (χ3v) is 6.62. The number of benzene rings is 1. The molecule has 1 aliphatic carbocycles. The monoisotopic (exact) mass is 360 g/mol. The number of anilines is 1. The molecule has 0 bridgehead atoms. The van der Waals surface area contributed by atoms with Gasteiger partial charge < -0.3 is 9.64 Å². The molecule has 1 aromatic carbocycles. The van der Waals surface area contributed by atoms with Crippen molar-refractivity contribution in [2.45, 2.75) is 23.7 Å². The summed E-state index contributed by atoms with van der Waals surface area (Å²) in [4.78, 5) is 21.8. The minimum atomic E-state index is 0.243. The molecule has 0 N–H and O–H groups in total. The van der Waals surface area contributed by atoms with E-state index < -0.39 is 0 Å². The molecule has 24 heavy (non-hydrogen) atoms. The smallest absolute Gasteiger partial charge is 0.186 e. The summed E-state index contributed by atoms with van der Waals surface area (Å²) in [6.07, 6.45) is 3.53. The van der Waals surface area contributed by atoms with Crippen molar-refractivity contribution in [3.05, 3.63) is 40.4 Å². The summed E-state index contributed by atoms with van der Waals surface area (Å²) in [6.45, 7) is 3.20. The molecule has 0 amide bonds. The van der Waals surface area contributed by atoms with Gasteiger partial charge in [-0.3, -0.25) is 4.79 Å². The number of fused-ring (bicyclic) bond motifs is 1. The number of nitrogens with zero attached hydrogens (tertiary/aromatic N) is 2. The van der Waals surface area contributed by atoms with E-state index in [2.05, 4.69) is 35.4 Å². The molecular formula is C18H20N2O2S2. The Hall–Kier alpha value is -1.37. The van der Waals surface area contributed by atoms with Gasteiger partial charge in [0.1, 0.15) is 0 Å². The van der Waals surface area contributed by atoms with Gasteiger partial charge in [-0.05, 0) is 36.3 Å². The number of ketones is 1. The number of ether oxygens (including phenoxy) is 1. The molecule has 2 heterocycles. The molecule has 1 unspecified atom stereocenters. The molecule has 0 saturated carbocycles. The van der Waals surface area contributed by atoms with E-state index in [-0.39, 0.29) is 11.7 Å². The number of thiazole rings is 1. The van der Waals surface area contributed by atoms with Gasteiger partial charge in [-0.25, -0.2) is 4.98 Å². The van der Waals surface area contributed by atoms with Gasteiger partial charge in [0.2, 0.25) is 0 Å². The third kappa shape index (κ3) is 3.10. The second kappa shape index (κ2) is 6.86. The number of Topliss-reactive ketones (excluding diaryl/α,β-unsaturated/α-hetero) is 1. The van der Waals surface area contributed by atoms with E-state index in [0.29, 0.717) is 6.42 Å². The maximum absolute atomic E-state index is 12.6. The normalized spacial score (nSPS) is 21.0. The van der Waals surface area contributed by atoms with Crippen molar-refractivity contribution in [3.63, 3.8) is 0 Å². The van der Waals surface area contributed by atoms with Gasteiger partial charge >= 0.3 is 0 Å². The summed E-state index contributed by atoms with van der Waals surface area (Å²) in [5.41, 5.74) is 2.23. The van der Waals surface area contributed by atoms with Crippen LogP contribution in [0.1, 0.15) is 33.3 Å². The van der Waals surface area contributed by atoms with E-state index in [1.807, 2.05) is 0 Å². The first-order valence-corrected chi connectivity index (χ1v) is 10.3. The number of rotatable bonds is 3. The number of hydrogen-bond donors (Lipinski definition) is 0. The van der Waals surface area contributed by atoms with Crippen LogP contribution in [0, 0.1) is 0 Å². The predicted molar refractivity (Wildman–Crippen MR) is 98.8 cm³/mol. The van der Waals surface area contributed by atoms with Crippen LogP contribution in [0.15, 0.2) is 29.2 Å². The Kier molecular flexibility index (Phi) is 4.61. The standard InChI is InChI=1S/C18H20N2O2S2/c1-23-14-4-2-12(3-5-14)13-10-15-17(16(21)11-13)24-18(19-15)20-6-8-22-9-7-20/h2-5,13H,6-11H2,1H3. The minimum Gasteiger partial charge on any atom is -0.378 e. The summed E-state index contributed by atoms with van der Waals surface area (Å²) in [5, 5.41) is 0.982. The number of hydrogen-bond acceptors (Lipinski definition) is 6. The van der Waals surface area contributed by atoms with Crippen molar-refractivity contribution in [2.24, 2.45) is 0 Å². The molecule has 126 valence electrons. The number of aromatic nitrogens is 1. The summed E-state index contributed by atoms with van der Waals surface area (Å²) in [7, 11) is 0. The molecule has 2 aliphatic rings. The Bertz CT molecular complexity index is 736. The average molecular weight is 361 g/mol. The molecule has 6 heteroatoms. The molecule has 4 rings (SSSR count). The highest BCUT2D eigenvalue weighted by Gasteiger charge is 2.31. The summed E-state index contributed by atoms with van der Waals surface area (Å²) in [5.74, 6) is 0.493. The number of thioether (sulfide) groups is 1. The van der Waals surface area contributed by atoms with Crippen LogP contribution in [0.3, 0.4) is 0 Å². The van der Waals surface area contributed by atoms with Crippen molar-refractivity contribution < 1.29 is 9.53 Å². The Labute approximate surface area is 150 Å². The fourth-order valence-corrected chi connectivity index (χ4v) is 4.82. The van der Waals surface area contributed by atoms with Gasteiger partial charge in [-0.2, -0.15) is 0 Å². The van der Waals surface area contributed by atoms with E-state index in [0.717, 1.165) is 48.4 Å². The fraction of sp³-hybridized carbons (Fsp3) is 0.444. The van der Waals surface area contributed by atoms with E-state index in [1.54, 1.807) is 23.1 Å².